The molecule has 1 N–H and O–H groups in total. The van der Waals surface area contributed by atoms with Crippen molar-refractivity contribution >= 4 is 11.6 Å². The van der Waals surface area contributed by atoms with Crippen LogP contribution in [0, 0.1) is 24.2 Å². The molecule has 0 heterocycles. The van der Waals surface area contributed by atoms with Crippen LogP contribution in [-0.4, -0.2) is 26.5 Å². The van der Waals surface area contributed by atoms with Crippen LogP contribution in [0.3, 0.4) is 0 Å². The molecule has 1 atom stereocenters. The maximum Gasteiger partial charge on any atom is 0.224 e. The molecule has 18 heavy (non-hydrogen) atoms. The maximum absolute atomic E-state index is 11.5. The Hall–Kier alpha value is -2.02. The van der Waals surface area contributed by atoms with Crippen LogP contribution in [0.5, 0.6) is 0 Å². The van der Waals surface area contributed by atoms with Crippen LogP contribution >= 0.6 is 0 Å². The Morgan fingerprint density at radius 1 is 1.56 bits per heavy atom. The van der Waals surface area contributed by atoms with E-state index in [1.807, 2.05) is 44.0 Å². The fourth-order valence-electron chi connectivity index (χ4n) is 1.91. The molecule has 0 aliphatic carbocycles. The Morgan fingerprint density at radius 2 is 2.22 bits per heavy atom. The van der Waals surface area contributed by atoms with Crippen molar-refractivity contribution in [2.24, 2.45) is 5.92 Å². The van der Waals surface area contributed by atoms with E-state index >= 15 is 0 Å². The SMILES string of the molecule is CNC(=O)C(C)CN(C)c1ccc(C)cc1C#N. The highest BCUT2D eigenvalue weighted by Gasteiger charge is 2.15. The summed E-state index contributed by atoms with van der Waals surface area (Å²) in [5.74, 6) is -0.111. The van der Waals surface area contributed by atoms with Crippen LogP contribution in [0.25, 0.3) is 0 Å². The number of nitrogens with one attached hydrogen (secondary N) is 1. The Bertz CT molecular complexity index is 476. The lowest BCUT2D eigenvalue weighted by Gasteiger charge is -2.23. The van der Waals surface area contributed by atoms with Gasteiger partial charge in [-0.05, 0) is 24.6 Å². The van der Waals surface area contributed by atoms with Gasteiger partial charge < -0.3 is 10.2 Å². The van der Waals surface area contributed by atoms with E-state index in [1.54, 1.807) is 7.05 Å². The number of anilines is 1. The number of carbonyl (C=O) groups excluding carboxylic acids is 1. The van der Waals surface area contributed by atoms with Crippen LogP contribution < -0.4 is 10.2 Å². The molecule has 0 spiro atoms. The lowest BCUT2D eigenvalue weighted by molar-refractivity contribution is -0.123. The summed E-state index contributed by atoms with van der Waals surface area (Å²) in [6.07, 6.45) is 0. The molecule has 0 radical (unpaired) electrons. The normalized spacial score (nSPS) is 11.5. The number of hydrogen-bond donors (Lipinski definition) is 1. The summed E-state index contributed by atoms with van der Waals surface area (Å²) in [6.45, 7) is 4.41. The predicted octanol–water partition coefficient (Wildman–Crippen LogP) is 1.69. The van der Waals surface area contributed by atoms with E-state index in [9.17, 15) is 4.79 Å². The van der Waals surface area contributed by atoms with Gasteiger partial charge in [-0.15, -0.1) is 0 Å². The standard InChI is InChI=1S/C14H19N3O/c1-10-5-6-13(12(7-10)8-15)17(4)9-11(2)14(18)16-3/h5-7,11H,9H2,1-4H3,(H,16,18). The Morgan fingerprint density at radius 3 is 2.78 bits per heavy atom. The molecule has 1 unspecified atom stereocenters. The van der Waals surface area contributed by atoms with Crippen LogP contribution in [0.4, 0.5) is 5.69 Å². The summed E-state index contributed by atoms with van der Waals surface area (Å²) in [5, 5.41) is 11.8. The van der Waals surface area contributed by atoms with Crippen molar-refractivity contribution in [3.8, 4) is 6.07 Å². The summed E-state index contributed by atoms with van der Waals surface area (Å²) in [4.78, 5) is 13.4. The van der Waals surface area contributed by atoms with Crippen LogP contribution in [0.2, 0.25) is 0 Å². The molecule has 4 nitrogen and oxygen atoms in total. The molecule has 0 saturated carbocycles. The summed E-state index contributed by atoms with van der Waals surface area (Å²) in [5.41, 5.74) is 2.56. The minimum absolute atomic E-state index is 0.00692. The zero-order chi connectivity index (χ0) is 13.7. The monoisotopic (exact) mass is 245 g/mol. The second-order valence-electron chi connectivity index (χ2n) is 4.53. The van der Waals surface area contributed by atoms with Gasteiger partial charge in [-0.1, -0.05) is 13.0 Å². The molecule has 1 aromatic rings. The molecule has 1 aromatic carbocycles. The Kier molecular flexibility index (Phi) is 4.73. The largest absolute Gasteiger partial charge is 0.373 e. The Balaban J connectivity index is 2.88. The van der Waals surface area contributed by atoms with Gasteiger partial charge in [-0.25, -0.2) is 0 Å². The lowest BCUT2D eigenvalue weighted by Crippen LogP contribution is -2.34. The summed E-state index contributed by atoms with van der Waals surface area (Å²) >= 11 is 0. The first-order chi connectivity index (χ1) is 8.49. The third-order valence-electron chi connectivity index (χ3n) is 2.93. The lowest BCUT2D eigenvalue weighted by atomic mass is 10.1. The van der Waals surface area contributed by atoms with Crippen LogP contribution in [0.1, 0.15) is 18.1 Å². The van der Waals surface area contributed by atoms with Crippen molar-refractivity contribution in [3.05, 3.63) is 29.3 Å². The van der Waals surface area contributed by atoms with Gasteiger partial charge in [0.25, 0.3) is 0 Å². The molecule has 0 aliphatic rings. The maximum atomic E-state index is 11.5. The number of aryl methyl sites for hydroxylation is 1. The van der Waals surface area contributed by atoms with E-state index in [1.165, 1.54) is 0 Å². The minimum Gasteiger partial charge on any atom is -0.373 e. The number of amides is 1. The van der Waals surface area contributed by atoms with E-state index < -0.39 is 0 Å². The van der Waals surface area contributed by atoms with E-state index in [2.05, 4.69) is 11.4 Å². The summed E-state index contributed by atoms with van der Waals surface area (Å²) in [7, 11) is 3.52. The highest BCUT2D eigenvalue weighted by Crippen LogP contribution is 2.21. The molecule has 0 saturated heterocycles. The fraction of sp³-hybridized carbons (Fsp3) is 0.429. The first-order valence-electron chi connectivity index (χ1n) is 5.93. The molecule has 96 valence electrons. The molecular weight excluding hydrogens is 226 g/mol. The third kappa shape index (κ3) is 3.24. The smallest absolute Gasteiger partial charge is 0.224 e. The van der Waals surface area contributed by atoms with Gasteiger partial charge in [-0.2, -0.15) is 5.26 Å². The average molecular weight is 245 g/mol. The van der Waals surface area contributed by atoms with E-state index in [-0.39, 0.29) is 11.8 Å². The molecular formula is C14H19N3O. The van der Waals surface area contributed by atoms with Crippen molar-refractivity contribution in [1.29, 1.82) is 5.26 Å². The first-order valence-corrected chi connectivity index (χ1v) is 5.93. The second-order valence-corrected chi connectivity index (χ2v) is 4.53. The van der Waals surface area contributed by atoms with E-state index in [4.69, 9.17) is 5.26 Å². The third-order valence-corrected chi connectivity index (χ3v) is 2.93. The van der Waals surface area contributed by atoms with Gasteiger partial charge in [0.2, 0.25) is 5.91 Å². The first kappa shape index (κ1) is 14.0. The Labute approximate surface area is 108 Å². The van der Waals surface area contributed by atoms with Gasteiger partial charge >= 0.3 is 0 Å². The van der Waals surface area contributed by atoms with Crippen molar-refractivity contribution in [2.45, 2.75) is 13.8 Å². The summed E-state index contributed by atoms with van der Waals surface area (Å²) in [6, 6.07) is 7.94. The van der Waals surface area contributed by atoms with Crippen molar-refractivity contribution in [2.75, 3.05) is 25.5 Å². The van der Waals surface area contributed by atoms with Gasteiger partial charge in [-0.3, -0.25) is 4.79 Å². The second kappa shape index (κ2) is 6.06. The topological polar surface area (TPSA) is 56.1 Å². The molecule has 1 rings (SSSR count). The molecule has 0 bridgehead atoms. The fourth-order valence-corrected chi connectivity index (χ4v) is 1.91. The number of nitrogens with zero attached hydrogens (tertiary/aromatic N) is 2. The zero-order valence-electron chi connectivity index (χ0n) is 11.3. The average Bonchev–Trinajstić information content (AvgIpc) is 2.37. The van der Waals surface area contributed by atoms with Crippen LogP contribution in [-0.2, 0) is 4.79 Å². The highest BCUT2D eigenvalue weighted by molar-refractivity contribution is 5.78. The van der Waals surface area contributed by atoms with Crippen LogP contribution in [0.15, 0.2) is 18.2 Å². The number of nitriles is 1. The highest BCUT2D eigenvalue weighted by atomic mass is 16.1. The molecule has 0 fully saturated rings. The van der Waals surface area contributed by atoms with Crippen molar-refractivity contribution in [1.82, 2.24) is 5.32 Å². The summed E-state index contributed by atoms with van der Waals surface area (Å²) < 4.78 is 0. The number of rotatable bonds is 4. The molecule has 4 heteroatoms. The minimum atomic E-state index is -0.118. The van der Waals surface area contributed by atoms with Gasteiger partial charge in [0.05, 0.1) is 17.2 Å². The molecule has 1 amide bonds. The number of benzene rings is 1. The van der Waals surface area contributed by atoms with Crippen molar-refractivity contribution in [3.63, 3.8) is 0 Å². The van der Waals surface area contributed by atoms with Gasteiger partial charge in [0.15, 0.2) is 0 Å². The zero-order valence-corrected chi connectivity index (χ0v) is 11.3. The predicted molar refractivity (Wildman–Crippen MR) is 72.4 cm³/mol. The molecule has 0 aromatic heterocycles. The van der Waals surface area contributed by atoms with E-state index in [0.717, 1.165) is 11.3 Å². The number of hydrogen-bond acceptors (Lipinski definition) is 3. The van der Waals surface area contributed by atoms with Gasteiger partial charge in [0.1, 0.15) is 6.07 Å². The van der Waals surface area contributed by atoms with E-state index in [0.29, 0.717) is 12.1 Å². The number of carbonyl (C=O) groups is 1. The van der Waals surface area contributed by atoms with Crippen molar-refractivity contribution < 1.29 is 4.79 Å². The quantitative estimate of drug-likeness (QED) is 0.878. The van der Waals surface area contributed by atoms with Gasteiger partial charge in [0, 0.05) is 20.6 Å². The molecule has 0 aliphatic heterocycles.